The second-order valence-electron chi connectivity index (χ2n) is 8.79. The number of aromatic hydroxyl groups is 2. The van der Waals surface area contributed by atoms with E-state index in [1.807, 2.05) is 13.1 Å². The van der Waals surface area contributed by atoms with E-state index >= 15 is 0 Å². The van der Waals surface area contributed by atoms with Gasteiger partial charge in [-0.3, -0.25) is 4.90 Å². The number of phenolic OH excluding ortho intramolecular Hbond substituents is 2. The molecule has 2 aromatic carbocycles. The van der Waals surface area contributed by atoms with Crippen molar-refractivity contribution in [1.82, 2.24) is 4.90 Å². The minimum Gasteiger partial charge on any atom is -0.504 e. The molecular formula is C24H31NO9. The number of phenols is 2. The van der Waals surface area contributed by atoms with Gasteiger partial charge in [-0.25, -0.2) is 0 Å². The van der Waals surface area contributed by atoms with Crippen LogP contribution in [0.5, 0.6) is 23.0 Å². The van der Waals surface area contributed by atoms with Crippen molar-refractivity contribution in [3.05, 3.63) is 47.0 Å². The maximum atomic E-state index is 10.4. The van der Waals surface area contributed by atoms with E-state index in [4.69, 9.17) is 14.2 Å². The van der Waals surface area contributed by atoms with Crippen LogP contribution in [0.25, 0.3) is 0 Å². The Labute approximate surface area is 197 Å². The van der Waals surface area contributed by atoms with Gasteiger partial charge in [-0.05, 0) is 60.8 Å². The number of aliphatic hydroxyl groups excluding tert-OH is 4. The lowest BCUT2D eigenvalue weighted by Crippen LogP contribution is -2.60. The highest BCUT2D eigenvalue weighted by Gasteiger charge is 2.45. The van der Waals surface area contributed by atoms with Gasteiger partial charge in [0.1, 0.15) is 24.4 Å². The Bertz CT molecular complexity index is 1010. The molecule has 0 radical (unpaired) electrons. The Hall–Kier alpha value is -2.60. The van der Waals surface area contributed by atoms with Gasteiger partial charge in [0, 0.05) is 12.6 Å². The first-order chi connectivity index (χ1) is 16.2. The molecule has 0 amide bonds. The fraction of sp³-hybridized carbons (Fsp3) is 0.500. The van der Waals surface area contributed by atoms with Gasteiger partial charge in [-0.15, -0.1) is 0 Å². The fourth-order valence-electron chi connectivity index (χ4n) is 4.56. The summed E-state index contributed by atoms with van der Waals surface area (Å²) in [6.07, 6.45) is -5.67. The molecule has 1 fully saturated rings. The highest BCUT2D eigenvalue weighted by molar-refractivity contribution is 5.50. The first-order valence-corrected chi connectivity index (χ1v) is 11.1. The summed E-state index contributed by atoms with van der Waals surface area (Å²) in [7, 11) is 3.49. The number of rotatable bonds is 6. The van der Waals surface area contributed by atoms with Gasteiger partial charge in [0.25, 0.3) is 0 Å². The van der Waals surface area contributed by atoms with Crippen LogP contribution in [-0.2, 0) is 17.6 Å². The quantitative estimate of drug-likeness (QED) is 0.315. The molecule has 6 N–H and O–H groups in total. The molecule has 1 unspecified atom stereocenters. The van der Waals surface area contributed by atoms with Crippen LogP contribution in [-0.4, -0.2) is 93.6 Å². The van der Waals surface area contributed by atoms with Crippen LogP contribution in [0.15, 0.2) is 30.3 Å². The summed E-state index contributed by atoms with van der Waals surface area (Å²) >= 11 is 0. The topological polar surface area (TPSA) is 152 Å². The van der Waals surface area contributed by atoms with E-state index in [9.17, 15) is 30.6 Å². The minimum atomic E-state index is -1.56. The molecule has 6 atom stereocenters. The molecule has 0 spiro atoms. The number of hydrogen-bond acceptors (Lipinski definition) is 10. The number of ether oxygens (including phenoxy) is 3. The van der Waals surface area contributed by atoms with Gasteiger partial charge >= 0.3 is 0 Å². The summed E-state index contributed by atoms with van der Waals surface area (Å²) in [5.74, 6) is 0.333. The van der Waals surface area contributed by atoms with Crippen LogP contribution >= 0.6 is 0 Å². The molecule has 2 aromatic rings. The molecule has 2 aliphatic heterocycles. The summed E-state index contributed by atoms with van der Waals surface area (Å²) in [6, 6.07) is 8.34. The number of likely N-dealkylation sites (N-methyl/N-ethyl adjacent to an activating group) is 1. The Morgan fingerprint density at radius 1 is 1.00 bits per heavy atom. The van der Waals surface area contributed by atoms with Crippen molar-refractivity contribution in [3.63, 3.8) is 0 Å². The van der Waals surface area contributed by atoms with E-state index in [0.29, 0.717) is 12.2 Å². The Morgan fingerprint density at radius 2 is 1.76 bits per heavy atom. The van der Waals surface area contributed by atoms with Gasteiger partial charge in [-0.1, -0.05) is 6.07 Å². The smallest absolute Gasteiger partial charge is 0.229 e. The first-order valence-electron chi connectivity index (χ1n) is 11.1. The summed E-state index contributed by atoms with van der Waals surface area (Å²) < 4.78 is 16.9. The average Bonchev–Trinajstić information content (AvgIpc) is 2.83. The predicted molar refractivity (Wildman–Crippen MR) is 120 cm³/mol. The highest BCUT2D eigenvalue weighted by atomic mass is 16.7. The lowest BCUT2D eigenvalue weighted by Gasteiger charge is -2.40. The molecule has 4 rings (SSSR count). The third-order valence-electron chi connectivity index (χ3n) is 6.61. The average molecular weight is 478 g/mol. The van der Waals surface area contributed by atoms with Crippen molar-refractivity contribution >= 4 is 0 Å². The van der Waals surface area contributed by atoms with Crippen molar-refractivity contribution in [2.75, 3.05) is 27.3 Å². The first kappa shape index (κ1) is 24.5. The highest BCUT2D eigenvalue weighted by Crippen LogP contribution is 2.40. The van der Waals surface area contributed by atoms with E-state index < -0.39 is 37.3 Å². The van der Waals surface area contributed by atoms with Gasteiger partial charge in [-0.2, -0.15) is 0 Å². The molecule has 10 nitrogen and oxygen atoms in total. The van der Waals surface area contributed by atoms with Gasteiger partial charge < -0.3 is 44.8 Å². The number of methoxy groups -OCH3 is 1. The molecule has 10 heteroatoms. The van der Waals surface area contributed by atoms with Gasteiger partial charge in [0.15, 0.2) is 23.0 Å². The van der Waals surface area contributed by atoms with Crippen molar-refractivity contribution in [3.8, 4) is 23.0 Å². The molecule has 1 saturated heterocycles. The third kappa shape index (κ3) is 4.65. The summed E-state index contributed by atoms with van der Waals surface area (Å²) in [6.45, 7) is 0.246. The van der Waals surface area contributed by atoms with Crippen LogP contribution < -0.4 is 9.47 Å². The number of aliphatic hydroxyl groups is 4. The van der Waals surface area contributed by atoms with E-state index in [-0.39, 0.29) is 23.3 Å². The molecule has 186 valence electrons. The molecule has 0 aromatic heterocycles. The monoisotopic (exact) mass is 477 g/mol. The van der Waals surface area contributed by atoms with Gasteiger partial charge in [0.2, 0.25) is 6.29 Å². The second-order valence-corrected chi connectivity index (χ2v) is 8.79. The van der Waals surface area contributed by atoms with Crippen molar-refractivity contribution in [2.45, 2.75) is 49.6 Å². The van der Waals surface area contributed by atoms with E-state index in [1.165, 1.54) is 19.2 Å². The number of benzene rings is 2. The molecule has 0 saturated carbocycles. The Kier molecular flexibility index (Phi) is 7.17. The summed E-state index contributed by atoms with van der Waals surface area (Å²) in [5, 5.41) is 59.5. The number of nitrogens with zero attached hydrogens (tertiary/aromatic N) is 1. The standard InChI is InChI=1S/C24H31NO9/c1-25-6-5-13-9-18(32-2)19(33-24-23(31)22(30)21(29)20(11-26)34-24)10-14(13)15(25)7-12-3-4-16(27)17(28)8-12/h3-4,8-10,15,20-24,26-31H,5-7,11H2,1-2H3/t15?,20-,21-,22+,23-,24-/m1/s1. The predicted octanol–water partition coefficient (Wildman–Crippen LogP) is 0.0568. The lowest BCUT2D eigenvalue weighted by atomic mass is 9.88. The number of fused-ring (bicyclic) bond motifs is 1. The molecule has 0 aliphatic carbocycles. The Balaban J connectivity index is 1.65. The maximum Gasteiger partial charge on any atom is 0.229 e. The van der Waals surface area contributed by atoms with Crippen LogP contribution in [0, 0.1) is 0 Å². The molecular weight excluding hydrogens is 446 g/mol. The third-order valence-corrected chi connectivity index (χ3v) is 6.61. The second kappa shape index (κ2) is 9.95. The molecule has 2 heterocycles. The van der Waals surface area contributed by atoms with Gasteiger partial charge in [0.05, 0.1) is 13.7 Å². The van der Waals surface area contributed by atoms with Crippen LogP contribution in [0.3, 0.4) is 0 Å². The van der Waals surface area contributed by atoms with E-state index in [1.54, 1.807) is 12.1 Å². The zero-order chi connectivity index (χ0) is 24.6. The maximum absolute atomic E-state index is 10.4. The zero-order valence-electron chi connectivity index (χ0n) is 19.0. The largest absolute Gasteiger partial charge is 0.504 e. The summed E-state index contributed by atoms with van der Waals surface area (Å²) in [4.78, 5) is 2.18. The van der Waals surface area contributed by atoms with Crippen LogP contribution in [0.1, 0.15) is 22.7 Å². The van der Waals surface area contributed by atoms with Crippen molar-refractivity contribution in [2.24, 2.45) is 0 Å². The molecule has 34 heavy (non-hydrogen) atoms. The molecule has 2 aliphatic rings. The van der Waals surface area contributed by atoms with Crippen molar-refractivity contribution in [1.29, 1.82) is 0 Å². The normalized spacial score (nSPS) is 29.5. The SMILES string of the molecule is COc1cc2c(cc1O[C@@H]1O[C@H](CO)[C@@H](O)[C@H](O)[C@H]1O)C(Cc1ccc(O)c(O)c1)N(C)CC2. The minimum absolute atomic E-state index is 0.0734. The fourth-order valence-corrected chi connectivity index (χ4v) is 4.56. The Morgan fingerprint density at radius 3 is 2.44 bits per heavy atom. The van der Waals surface area contributed by atoms with Crippen LogP contribution in [0.2, 0.25) is 0 Å². The van der Waals surface area contributed by atoms with E-state index in [2.05, 4.69) is 4.90 Å². The molecule has 0 bridgehead atoms. The number of hydrogen-bond donors (Lipinski definition) is 6. The van der Waals surface area contributed by atoms with Crippen molar-refractivity contribution < 1.29 is 44.8 Å². The zero-order valence-corrected chi connectivity index (χ0v) is 19.0. The van der Waals surface area contributed by atoms with E-state index in [0.717, 1.165) is 29.7 Å². The summed E-state index contributed by atoms with van der Waals surface area (Å²) in [5.41, 5.74) is 2.86. The lowest BCUT2D eigenvalue weighted by molar-refractivity contribution is -0.277. The van der Waals surface area contributed by atoms with Crippen LogP contribution in [0.4, 0.5) is 0 Å².